The molecule has 0 saturated heterocycles. The lowest BCUT2D eigenvalue weighted by molar-refractivity contribution is -0.119. The van der Waals surface area contributed by atoms with Crippen LogP contribution in [0.25, 0.3) is 0 Å². The number of aromatic nitrogens is 2. The first kappa shape index (κ1) is 9.73. The minimum absolute atomic E-state index is 0.454. The third kappa shape index (κ3) is 2.55. The van der Waals surface area contributed by atoms with Crippen molar-refractivity contribution in [2.75, 3.05) is 0 Å². The summed E-state index contributed by atoms with van der Waals surface area (Å²) >= 11 is 0. The Hall–Kier alpha value is -1.36. The van der Waals surface area contributed by atoms with E-state index >= 15 is 0 Å². The van der Waals surface area contributed by atoms with Crippen molar-refractivity contribution in [1.82, 2.24) is 9.78 Å². The number of hydrogen-bond donors (Lipinski definition) is 2. The van der Waals surface area contributed by atoms with Gasteiger partial charge in [0.25, 0.3) is 0 Å². The maximum Gasteiger partial charge on any atom is 0.234 e. The SMILES string of the molecule is CCn1cc(CC(N)C(N)=O)cn1. The highest BCUT2D eigenvalue weighted by Crippen LogP contribution is 2.00. The Bertz CT molecular complexity index is 294. The highest BCUT2D eigenvalue weighted by atomic mass is 16.1. The molecule has 5 nitrogen and oxygen atoms in total. The molecule has 1 aromatic heterocycles. The number of rotatable bonds is 4. The van der Waals surface area contributed by atoms with Crippen LogP contribution >= 0.6 is 0 Å². The van der Waals surface area contributed by atoms with Gasteiger partial charge in [-0.25, -0.2) is 0 Å². The molecule has 0 aliphatic carbocycles. The van der Waals surface area contributed by atoms with Crippen LogP contribution in [0.1, 0.15) is 12.5 Å². The van der Waals surface area contributed by atoms with Crippen molar-refractivity contribution in [2.24, 2.45) is 11.5 Å². The fraction of sp³-hybridized carbons (Fsp3) is 0.500. The number of nitrogens with two attached hydrogens (primary N) is 2. The molecular weight excluding hydrogens is 168 g/mol. The average molecular weight is 182 g/mol. The molecule has 4 N–H and O–H groups in total. The summed E-state index contributed by atoms with van der Waals surface area (Å²) in [6.45, 7) is 2.80. The molecule has 72 valence electrons. The first-order valence-corrected chi connectivity index (χ1v) is 4.19. The molecule has 1 amide bonds. The second kappa shape index (κ2) is 4.04. The van der Waals surface area contributed by atoms with E-state index in [0.717, 1.165) is 12.1 Å². The van der Waals surface area contributed by atoms with Crippen molar-refractivity contribution in [3.05, 3.63) is 18.0 Å². The minimum atomic E-state index is -0.616. The minimum Gasteiger partial charge on any atom is -0.368 e. The number of amides is 1. The summed E-state index contributed by atoms with van der Waals surface area (Å²) in [7, 11) is 0. The van der Waals surface area contributed by atoms with E-state index in [1.54, 1.807) is 10.9 Å². The molecule has 0 bridgehead atoms. The van der Waals surface area contributed by atoms with E-state index in [1.807, 2.05) is 13.1 Å². The van der Waals surface area contributed by atoms with E-state index in [4.69, 9.17) is 11.5 Å². The fourth-order valence-electron chi connectivity index (χ4n) is 1.04. The van der Waals surface area contributed by atoms with Crippen molar-refractivity contribution in [3.8, 4) is 0 Å². The second-order valence-electron chi connectivity index (χ2n) is 2.92. The van der Waals surface area contributed by atoms with Gasteiger partial charge < -0.3 is 11.5 Å². The normalized spacial score (nSPS) is 12.8. The van der Waals surface area contributed by atoms with Crippen molar-refractivity contribution in [3.63, 3.8) is 0 Å². The van der Waals surface area contributed by atoms with Crippen LogP contribution in [0.3, 0.4) is 0 Å². The molecule has 0 radical (unpaired) electrons. The quantitative estimate of drug-likeness (QED) is 0.642. The Morgan fingerprint density at radius 1 is 1.77 bits per heavy atom. The van der Waals surface area contributed by atoms with Crippen LogP contribution in [0.4, 0.5) is 0 Å². The van der Waals surface area contributed by atoms with Crippen LogP contribution in [-0.2, 0) is 17.8 Å². The first-order valence-electron chi connectivity index (χ1n) is 4.19. The van der Waals surface area contributed by atoms with Gasteiger partial charge >= 0.3 is 0 Å². The maximum atomic E-state index is 10.6. The molecule has 5 heteroatoms. The molecule has 0 aliphatic heterocycles. The summed E-state index contributed by atoms with van der Waals surface area (Å²) in [5.74, 6) is -0.482. The molecule has 13 heavy (non-hydrogen) atoms. The van der Waals surface area contributed by atoms with Crippen LogP contribution < -0.4 is 11.5 Å². The molecule has 1 aromatic rings. The van der Waals surface area contributed by atoms with Crippen molar-refractivity contribution < 1.29 is 4.79 Å². The Kier molecular flexibility index (Phi) is 3.02. The lowest BCUT2D eigenvalue weighted by Gasteiger charge is -2.03. The number of hydrogen-bond acceptors (Lipinski definition) is 3. The lowest BCUT2D eigenvalue weighted by Crippen LogP contribution is -2.38. The number of carbonyl (C=O) groups is 1. The van der Waals surface area contributed by atoms with Gasteiger partial charge in [-0.2, -0.15) is 5.10 Å². The average Bonchev–Trinajstić information content (AvgIpc) is 2.52. The zero-order valence-corrected chi connectivity index (χ0v) is 7.60. The predicted octanol–water partition coefficient (Wildman–Crippen LogP) is -0.742. The highest BCUT2D eigenvalue weighted by molar-refractivity contribution is 5.79. The number of carbonyl (C=O) groups excluding carboxylic acids is 1. The van der Waals surface area contributed by atoms with Crippen LogP contribution in [-0.4, -0.2) is 21.7 Å². The fourth-order valence-corrected chi connectivity index (χ4v) is 1.04. The molecular formula is C8H14N4O. The van der Waals surface area contributed by atoms with E-state index in [0.29, 0.717) is 6.42 Å². The largest absolute Gasteiger partial charge is 0.368 e. The van der Waals surface area contributed by atoms with E-state index in [-0.39, 0.29) is 0 Å². The predicted molar refractivity (Wildman–Crippen MR) is 48.8 cm³/mol. The summed E-state index contributed by atoms with van der Waals surface area (Å²) < 4.78 is 1.78. The first-order chi connectivity index (χ1) is 6.13. The third-order valence-electron chi connectivity index (χ3n) is 1.83. The molecule has 1 rings (SSSR count). The Balaban J connectivity index is 2.58. The van der Waals surface area contributed by atoms with Crippen LogP contribution in [0, 0.1) is 0 Å². The number of nitrogens with zero attached hydrogens (tertiary/aromatic N) is 2. The molecule has 1 atom stereocenters. The van der Waals surface area contributed by atoms with Crippen molar-refractivity contribution >= 4 is 5.91 Å². The van der Waals surface area contributed by atoms with Crippen LogP contribution in [0.2, 0.25) is 0 Å². The zero-order valence-electron chi connectivity index (χ0n) is 7.60. The Labute approximate surface area is 76.7 Å². The van der Waals surface area contributed by atoms with E-state index < -0.39 is 11.9 Å². The molecule has 0 fully saturated rings. The van der Waals surface area contributed by atoms with Crippen molar-refractivity contribution in [1.29, 1.82) is 0 Å². The standard InChI is InChI=1S/C8H14N4O/c1-2-12-5-6(4-11-12)3-7(9)8(10)13/h4-5,7H,2-3,9H2,1H3,(H2,10,13). The second-order valence-corrected chi connectivity index (χ2v) is 2.92. The Morgan fingerprint density at radius 2 is 2.46 bits per heavy atom. The van der Waals surface area contributed by atoms with Crippen LogP contribution in [0.5, 0.6) is 0 Å². The van der Waals surface area contributed by atoms with E-state index in [9.17, 15) is 4.79 Å². The smallest absolute Gasteiger partial charge is 0.234 e. The van der Waals surface area contributed by atoms with Crippen molar-refractivity contribution in [2.45, 2.75) is 25.9 Å². The molecule has 0 aromatic carbocycles. The number of primary amides is 1. The molecule has 1 unspecified atom stereocenters. The van der Waals surface area contributed by atoms with Gasteiger partial charge in [0.05, 0.1) is 12.2 Å². The topological polar surface area (TPSA) is 86.9 Å². The Morgan fingerprint density at radius 3 is 2.92 bits per heavy atom. The molecule has 0 spiro atoms. The molecule has 1 heterocycles. The van der Waals surface area contributed by atoms with E-state index in [1.165, 1.54) is 0 Å². The van der Waals surface area contributed by atoms with Gasteiger partial charge in [0.15, 0.2) is 0 Å². The van der Waals surface area contributed by atoms with E-state index in [2.05, 4.69) is 5.10 Å². The lowest BCUT2D eigenvalue weighted by atomic mass is 10.1. The molecule has 0 saturated carbocycles. The summed E-state index contributed by atoms with van der Waals surface area (Å²) in [5, 5.41) is 4.06. The monoisotopic (exact) mass is 182 g/mol. The summed E-state index contributed by atoms with van der Waals surface area (Å²) in [6, 6.07) is -0.616. The summed E-state index contributed by atoms with van der Waals surface area (Å²) in [5.41, 5.74) is 11.5. The number of aryl methyl sites for hydroxylation is 1. The van der Waals surface area contributed by atoms with Gasteiger partial charge in [-0.1, -0.05) is 0 Å². The summed E-state index contributed by atoms with van der Waals surface area (Å²) in [6.07, 6.45) is 4.02. The van der Waals surface area contributed by atoms with Gasteiger partial charge in [-0.3, -0.25) is 9.48 Å². The van der Waals surface area contributed by atoms with Gasteiger partial charge in [-0.15, -0.1) is 0 Å². The van der Waals surface area contributed by atoms with Gasteiger partial charge in [-0.05, 0) is 18.9 Å². The molecule has 0 aliphatic rings. The van der Waals surface area contributed by atoms with Crippen LogP contribution in [0.15, 0.2) is 12.4 Å². The van der Waals surface area contributed by atoms with Gasteiger partial charge in [0, 0.05) is 12.7 Å². The van der Waals surface area contributed by atoms with Gasteiger partial charge in [0.1, 0.15) is 0 Å². The maximum absolute atomic E-state index is 10.6. The highest BCUT2D eigenvalue weighted by Gasteiger charge is 2.10. The third-order valence-corrected chi connectivity index (χ3v) is 1.83. The zero-order chi connectivity index (χ0) is 9.84. The van der Waals surface area contributed by atoms with Gasteiger partial charge in [0.2, 0.25) is 5.91 Å². The summed E-state index contributed by atoms with van der Waals surface area (Å²) in [4.78, 5) is 10.6.